The van der Waals surface area contributed by atoms with Crippen LogP contribution in [0.25, 0.3) is 54.6 Å². The quantitative estimate of drug-likeness (QED) is 0.0452. The van der Waals surface area contributed by atoms with Gasteiger partial charge in [0, 0.05) is 17.6 Å². The van der Waals surface area contributed by atoms with Crippen molar-refractivity contribution in [1.29, 1.82) is 0 Å². The summed E-state index contributed by atoms with van der Waals surface area (Å²) in [6.45, 7) is 14.1. The van der Waals surface area contributed by atoms with Gasteiger partial charge in [0.2, 0.25) is 0 Å². The molecular weight excluding hydrogens is 722 g/mol. The van der Waals surface area contributed by atoms with E-state index in [0.29, 0.717) is 31.2 Å². The predicted octanol–water partition coefficient (Wildman–Crippen LogP) is 13.4. The van der Waals surface area contributed by atoms with Gasteiger partial charge in [-0.3, -0.25) is 0 Å². The second-order valence-corrected chi connectivity index (χ2v) is 16.4. The molecule has 57 heavy (non-hydrogen) atoms. The van der Waals surface area contributed by atoms with Crippen LogP contribution in [0, 0.1) is 0 Å². The molecular formula is C50H49F3O4. The summed E-state index contributed by atoms with van der Waals surface area (Å²) in [5.41, 5.74) is 5.53. The summed E-state index contributed by atoms with van der Waals surface area (Å²) in [5, 5.41) is 7.15. The number of hydrogen-bond acceptors (Lipinski definition) is 4. The van der Waals surface area contributed by atoms with Gasteiger partial charge in [0.1, 0.15) is 0 Å². The zero-order valence-corrected chi connectivity index (χ0v) is 33.0. The summed E-state index contributed by atoms with van der Waals surface area (Å²) in [6, 6.07) is 28.4. The first kappa shape index (κ1) is 39.8. The number of alkyl halides is 3. The fourth-order valence-corrected chi connectivity index (χ4v) is 8.88. The van der Waals surface area contributed by atoms with Crippen LogP contribution >= 0.6 is 0 Å². The van der Waals surface area contributed by atoms with Gasteiger partial charge in [0.25, 0.3) is 0 Å². The van der Waals surface area contributed by atoms with E-state index in [1.807, 2.05) is 0 Å². The summed E-state index contributed by atoms with van der Waals surface area (Å²) >= 11 is 0. The van der Waals surface area contributed by atoms with E-state index in [0.717, 1.165) is 76.4 Å². The third kappa shape index (κ3) is 7.81. The Morgan fingerprint density at radius 1 is 0.596 bits per heavy atom. The highest BCUT2D eigenvalue weighted by Crippen LogP contribution is 2.56. The molecule has 0 aliphatic heterocycles. The molecule has 0 saturated carbocycles. The summed E-state index contributed by atoms with van der Waals surface area (Å²) in [4.78, 5) is 23.3. The van der Waals surface area contributed by atoms with E-state index in [2.05, 4.69) is 101 Å². The lowest BCUT2D eigenvalue weighted by Gasteiger charge is -2.33. The third-order valence-electron chi connectivity index (χ3n) is 11.8. The normalized spacial score (nSPS) is 13.5. The van der Waals surface area contributed by atoms with Gasteiger partial charge in [-0.05, 0) is 121 Å². The van der Waals surface area contributed by atoms with Crippen molar-refractivity contribution in [2.45, 2.75) is 89.1 Å². The Morgan fingerprint density at radius 3 is 1.70 bits per heavy atom. The average molecular weight is 771 g/mol. The molecule has 0 fully saturated rings. The lowest BCUT2D eigenvalue weighted by molar-refractivity contribution is -0.138. The molecule has 0 amide bonds. The molecule has 1 aliphatic carbocycles. The van der Waals surface area contributed by atoms with E-state index in [1.54, 1.807) is 6.07 Å². The van der Waals surface area contributed by atoms with Crippen molar-refractivity contribution in [2.75, 3.05) is 13.2 Å². The first-order valence-corrected chi connectivity index (χ1v) is 19.9. The number of hydrogen-bond donors (Lipinski definition) is 0. The second kappa shape index (κ2) is 15.8. The van der Waals surface area contributed by atoms with Crippen LogP contribution in [0.1, 0.15) is 94.4 Å². The third-order valence-corrected chi connectivity index (χ3v) is 11.8. The van der Waals surface area contributed by atoms with E-state index >= 15 is 0 Å². The molecule has 0 N–H and O–H groups in total. The van der Waals surface area contributed by atoms with Crippen LogP contribution in [-0.2, 0) is 36.1 Å². The molecule has 0 atom stereocenters. The van der Waals surface area contributed by atoms with Gasteiger partial charge in [-0.25, -0.2) is 9.59 Å². The number of ether oxygens (including phenoxy) is 2. The number of rotatable bonds is 15. The Labute approximate surface area is 332 Å². The number of benzene rings is 6. The minimum absolute atomic E-state index is 0.00161. The summed E-state index contributed by atoms with van der Waals surface area (Å²) < 4.78 is 53.6. The van der Waals surface area contributed by atoms with Crippen molar-refractivity contribution in [3.05, 3.63) is 132 Å². The van der Waals surface area contributed by atoms with Crippen molar-refractivity contribution in [2.24, 2.45) is 0 Å². The smallest absolute Gasteiger partial charge is 0.416 e. The zero-order chi connectivity index (χ0) is 40.5. The number of esters is 2. The monoisotopic (exact) mass is 770 g/mol. The van der Waals surface area contributed by atoms with Crippen molar-refractivity contribution in [3.63, 3.8) is 0 Å². The van der Waals surface area contributed by atoms with E-state index < -0.39 is 29.1 Å². The molecule has 0 aromatic heterocycles. The number of carbonyl (C=O) groups excluding carboxylic acids is 2. The topological polar surface area (TPSA) is 52.6 Å². The maximum absolute atomic E-state index is 14.4. The molecule has 4 nitrogen and oxygen atoms in total. The van der Waals surface area contributed by atoms with Crippen LogP contribution in [0.2, 0.25) is 0 Å². The molecule has 0 unspecified atom stereocenters. The van der Waals surface area contributed by atoms with Gasteiger partial charge in [-0.2, -0.15) is 13.2 Å². The van der Waals surface area contributed by atoms with Gasteiger partial charge < -0.3 is 9.47 Å². The molecule has 7 rings (SSSR count). The Morgan fingerprint density at radius 2 is 1.12 bits per heavy atom. The first-order chi connectivity index (χ1) is 27.2. The lowest BCUT2D eigenvalue weighted by Crippen LogP contribution is -2.26. The Kier molecular flexibility index (Phi) is 11.1. The molecule has 0 radical (unpaired) electrons. The van der Waals surface area contributed by atoms with Gasteiger partial charge in [-0.15, -0.1) is 0 Å². The van der Waals surface area contributed by atoms with Gasteiger partial charge in [-0.1, -0.05) is 126 Å². The molecule has 0 bridgehead atoms. The van der Waals surface area contributed by atoms with Gasteiger partial charge in [0.15, 0.2) is 0 Å². The fraction of sp³-hybridized carbons (Fsp3) is 0.320. The van der Waals surface area contributed by atoms with Gasteiger partial charge >= 0.3 is 18.1 Å². The highest BCUT2D eigenvalue weighted by atomic mass is 19.4. The summed E-state index contributed by atoms with van der Waals surface area (Å²) in [7, 11) is 0. The van der Waals surface area contributed by atoms with Crippen LogP contribution in [0.15, 0.2) is 110 Å². The maximum Gasteiger partial charge on any atom is 0.416 e. The first-order valence-electron chi connectivity index (χ1n) is 19.9. The van der Waals surface area contributed by atoms with Crippen LogP contribution in [0.5, 0.6) is 0 Å². The number of unbranched alkanes of at least 4 members (excludes halogenated alkanes) is 4. The zero-order valence-electron chi connectivity index (χ0n) is 33.0. The minimum atomic E-state index is -4.50. The Bertz CT molecular complexity index is 2430. The molecule has 294 valence electrons. The van der Waals surface area contributed by atoms with Crippen LogP contribution in [0.3, 0.4) is 0 Å². The van der Waals surface area contributed by atoms with Crippen LogP contribution in [-0.4, -0.2) is 25.2 Å². The van der Waals surface area contributed by atoms with E-state index in [1.165, 1.54) is 39.2 Å². The van der Waals surface area contributed by atoms with Crippen molar-refractivity contribution in [3.8, 4) is 22.3 Å². The maximum atomic E-state index is 14.4. The molecule has 0 spiro atoms. The molecule has 6 aromatic rings. The molecule has 0 heterocycles. The average Bonchev–Trinajstić information content (AvgIpc) is 3.46. The van der Waals surface area contributed by atoms with Crippen molar-refractivity contribution < 1.29 is 32.2 Å². The fourth-order valence-electron chi connectivity index (χ4n) is 8.88. The minimum Gasteiger partial charge on any atom is -0.463 e. The molecule has 7 heteroatoms. The van der Waals surface area contributed by atoms with E-state index in [-0.39, 0.29) is 18.6 Å². The lowest BCUT2D eigenvalue weighted by atomic mass is 9.70. The highest BCUT2D eigenvalue weighted by molar-refractivity contribution is 6.25. The summed E-state index contributed by atoms with van der Waals surface area (Å²) in [6.07, 6.45) is 3.19. The van der Waals surface area contributed by atoms with Crippen molar-refractivity contribution >= 4 is 44.3 Å². The standard InChI is InChI=1S/C50H49F3O4/c1-6-44(54)56-26-12-8-10-24-49(25-11-9-13-27-57-45(55)7-2)42-30-33(17-21-39(42)40-23-19-36(31-43(40)49)50(51,52)53)38-20-16-32-14-15-34-28-37(48(3,4)5)29-35-18-22-41(38)47(32)46(34)35/h6-7,14-23,28-31H,1-2,8-13,24-27H2,3-5H3. The van der Waals surface area contributed by atoms with Gasteiger partial charge in [0.05, 0.1) is 18.8 Å². The van der Waals surface area contributed by atoms with Crippen LogP contribution in [0.4, 0.5) is 13.2 Å². The van der Waals surface area contributed by atoms with E-state index in [9.17, 15) is 22.8 Å². The molecule has 0 saturated heterocycles. The number of fused-ring (bicyclic) bond motifs is 3. The largest absolute Gasteiger partial charge is 0.463 e. The molecule has 1 aliphatic rings. The highest BCUT2D eigenvalue weighted by Gasteiger charge is 2.44. The Balaban J connectivity index is 1.33. The Hall–Kier alpha value is -5.43. The number of carbonyl (C=O) groups is 2. The second-order valence-electron chi connectivity index (χ2n) is 16.4. The van der Waals surface area contributed by atoms with Crippen molar-refractivity contribution in [1.82, 2.24) is 0 Å². The van der Waals surface area contributed by atoms with Crippen LogP contribution < -0.4 is 0 Å². The predicted molar refractivity (Wildman–Crippen MR) is 225 cm³/mol. The molecule has 6 aromatic carbocycles. The summed E-state index contributed by atoms with van der Waals surface area (Å²) in [5.74, 6) is -0.949. The van der Waals surface area contributed by atoms with E-state index in [4.69, 9.17) is 9.47 Å². The number of halogens is 3. The SMILES string of the molecule is C=CC(=O)OCCCCCC1(CCCCCOC(=O)C=C)c2cc(-c3ccc4ccc5cc(C(C)(C)C)cc6ccc3c4c56)ccc2-c2ccc(C(F)(F)F)cc21.